The van der Waals surface area contributed by atoms with Crippen molar-refractivity contribution in [3.05, 3.63) is 29.3 Å². The molecule has 0 heterocycles. The topological polar surface area (TPSA) is 35.2 Å². The second kappa shape index (κ2) is 6.06. The molecule has 0 aliphatic heterocycles. The van der Waals surface area contributed by atoms with Crippen molar-refractivity contribution in [2.24, 2.45) is 11.7 Å². The van der Waals surface area contributed by atoms with Crippen molar-refractivity contribution < 1.29 is 4.74 Å². The van der Waals surface area contributed by atoms with E-state index in [0.717, 1.165) is 23.8 Å². The van der Waals surface area contributed by atoms with Gasteiger partial charge in [0, 0.05) is 12.1 Å². The molecule has 2 rings (SSSR count). The van der Waals surface area contributed by atoms with Crippen LogP contribution in [0.3, 0.4) is 0 Å². The molecule has 2 nitrogen and oxygen atoms in total. The molecule has 0 aromatic heterocycles. The van der Waals surface area contributed by atoms with Gasteiger partial charge in [0.1, 0.15) is 5.75 Å². The average molecular weight is 233 g/mol. The van der Waals surface area contributed by atoms with Crippen LogP contribution in [0, 0.1) is 12.8 Å². The summed E-state index contributed by atoms with van der Waals surface area (Å²) in [6.45, 7) is 3.50. The van der Waals surface area contributed by atoms with Gasteiger partial charge in [0.25, 0.3) is 0 Å². The lowest BCUT2D eigenvalue weighted by Gasteiger charge is -2.22. The van der Waals surface area contributed by atoms with Gasteiger partial charge in [-0.05, 0) is 37.3 Å². The van der Waals surface area contributed by atoms with E-state index in [-0.39, 0.29) is 0 Å². The predicted molar refractivity (Wildman–Crippen MR) is 71.1 cm³/mol. The van der Waals surface area contributed by atoms with E-state index in [2.05, 4.69) is 25.1 Å². The number of benzene rings is 1. The Balaban J connectivity index is 1.95. The van der Waals surface area contributed by atoms with Crippen LogP contribution in [0.1, 0.15) is 43.2 Å². The van der Waals surface area contributed by atoms with Crippen molar-refractivity contribution in [3.63, 3.8) is 0 Å². The summed E-state index contributed by atoms with van der Waals surface area (Å²) in [6.07, 6.45) is 6.78. The Morgan fingerprint density at radius 2 is 2.00 bits per heavy atom. The molecular weight excluding hydrogens is 210 g/mol. The minimum absolute atomic E-state index is 0.556. The smallest absolute Gasteiger partial charge is 0.124 e. The van der Waals surface area contributed by atoms with E-state index in [9.17, 15) is 0 Å². The van der Waals surface area contributed by atoms with E-state index in [1.165, 1.54) is 37.7 Å². The maximum absolute atomic E-state index is 5.97. The minimum atomic E-state index is 0.556. The Hall–Kier alpha value is -1.02. The van der Waals surface area contributed by atoms with Gasteiger partial charge in [0.2, 0.25) is 0 Å². The number of ether oxygens (including phenoxy) is 1. The Bertz CT molecular complexity index is 356. The van der Waals surface area contributed by atoms with Crippen LogP contribution >= 0.6 is 0 Å². The summed E-state index contributed by atoms with van der Waals surface area (Å²) in [6, 6.07) is 6.27. The van der Waals surface area contributed by atoms with Crippen molar-refractivity contribution in [1.29, 1.82) is 0 Å². The van der Waals surface area contributed by atoms with Crippen LogP contribution in [0.2, 0.25) is 0 Å². The van der Waals surface area contributed by atoms with Gasteiger partial charge in [-0.3, -0.25) is 0 Å². The lowest BCUT2D eigenvalue weighted by atomic mass is 9.90. The van der Waals surface area contributed by atoms with Crippen molar-refractivity contribution in [2.75, 3.05) is 6.61 Å². The lowest BCUT2D eigenvalue weighted by Crippen LogP contribution is -2.16. The summed E-state index contributed by atoms with van der Waals surface area (Å²) < 4.78 is 5.97. The van der Waals surface area contributed by atoms with Crippen LogP contribution in [0.25, 0.3) is 0 Å². The predicted octanol–water partition coefficient (Wildman–Crippen LogP) is 3.41. The van der Waals surface area contributed by atoms with Crippen LogP contribution in [0.5, 0.6) is 5.75 Å². The van der Waals surface area contributed by atoms with Crippen LogP contribution in [-0.2, 0) is 6.54 Å². The molecule has 94 valence electrons. The van der Waals surface area contributed by atoms with Gasteiger partial charge in [0.05, 0.1) is 6.61 Å². The quantitative estimate of drug-likeness (QED) is 0.865. The molecule has 0 bridgehead atoms. The summed E-state index contributed by atoms with van der Waals surface area (Å²) in [4.78, 5) is 0. The van der Waals surface area contributed by atoms with Crippen LogP contribution in [-0.4, -0.2) is 6.61 Å². The molecular formula is C15H23NO. The fourth-order valence-corrected chi connectivity index (χ4v) is 2.53. The Morgan fingerprint density at radius 3 is 2.71 bits per heavy atom. The Kier molecular flexibility index (Phi) is 4.43. The maximum atomic E-state index is 5.97. The average Bonchev–Trinajstić information content (AvgIpc) is 2.38. The van der Waals surface area contributed by atoms with E-state index in [0.29, 0.717) is 6.54 Å². The number of nitrogens with two attached hydrogens (primary N) is 1. The first-order valence-electron chi connectivity index (χ1n) is 6.72. The molecule has 1 aliphatic rings. The zero-order valence-corrected chi connectivity index (χ0v) is 10.7. The molecule has 0 saturated heterocycles. The van der Waals surface area contributed by atoms with Gasteiger partial charge in [0.15, 0.2) is 0 Å². The maximum Gasteiger partial charge on any atom is 0.124 e. The first-order chi connectivity index (χ1) is 8.29. The zero-order chi connectivity index (χ0) is 12.1. The standard InChI is InChI=1S/C15H23NO/c1-12-7-8-14(10-16)15(9-12)17-11-13-5-3-2-4-6-13/h7-9,13H,2-6,10-11,16H2,1H3. The molecule has 1 aromatic rings. The molecule has 1 saturated carbocycles. The van der Waals surface area contributed by atoms with Gasteiger partial charge in [-0.25, -0.2) is 0 Å². The van der Waals surface area contributed by atoms with E-state index >= 15 is 0 Å². The first-order valence-corrected chi connectivity index (χ1v) is 6.72. The monoisotopic (exact) mass is 233 g/mol. The summed E-state index contributed by atoms with van der Waals surface area (Å²) in [5.41, 5.74) is 8.08. The number of hydrogen-bond donors (Lipinski definition) is 1. The number of rotatable bonds is 4. The SMILES string of the molecule is Cc1ccc(CN)c(OCC2CCCCC2)c1. The highest BCUT2D eigenvalue weighted by atomic mass is 16.5. The van der Waals surface area contributed by atoms with Gasteiger partial charge >= 0.3 is 0 Å². The highest BCUT2D eigenvalue weighted by molar-refractivity contribution is 5.36. The third-order valence-corrected chi connectivity index (χ3v) is 3.64. The lowest BCUT2D eigenvalue weighted by molar-refractivity contribution is 0.207. The first kappa shape index (κ1) is 12.4. The van der Waals surface area contributed by atoms with E-state index in [1.807, 2.05) is 0 Å². The van der Waals surface area contributed by atoms with Crippen molar-refractivity contribution >= 4 is 0 Å². The Morgan fingerprint density at radius 1 is 1.24 bits per heavy atom. The molecule has 0 amide bonds. The Labute approximate surface area is 104 Å². The molecule has 2 N–H and O–H groups in total. The highest BCUT2D eigenvalue weighted by Crippen LogP contribution is 2.26. The largest absolute Gasteiger partial charge is 0.493 e. The second-order valence-electron chi connectivity index (χ2n) is 5.13. The summed E-state index contributed by atoms with van der Waals surface area (Å²) in [5.74, 6) is 1.73. The van der Waals surface area contributed by atoms with Gasteiger partial charge < -0.3 is 10.5 Å². The molecule has 17 heavy (non-hydrogen) atoms. The molecule has 1 aromatic carbocycles. The van der Waals surface area contributed by atoms with Crippen molar-refractivity contribution in [1.82, 2.24) is 0 Å². The summed E-state index contributed by atoms with van der Waals surface area (Å²) >= 11 is 0. The third kappa shape index (κ3) is 3.47. The molecule has 1 fully saturated rings. The van der Waals surface area contributed by atoms with Crippen LogP contribution in [0.15, 0.2) is 18.2 Å². The number of aryl methyl sites for hydroxylation is 1. The molecule has 0 atom stereocenters. The summed E-state index contributed by atoms with van der Waals surface area (Å²) in [7, 11) is 0. The van der Waals surface area contributed by atoms with Gasteiger partial charge in [-0.2, -0.15) is 0 Å². The molecule has 0 spiro atoms. The number of hydrogen-bond acceptors (Lipinski definition) is 2. The van der Waals surface area contributed by atoms with Crippen molar-refractivity contribution in [3.8, 4) is 5.75 Å². The van der Waals surface area contributed by atoms with E-state index in [4.69, 9.17) is 10.5 Å². The fraction of sp³-hybridized carbons (Fsp3) is 0.600. The second-order valence-corrected chi connectivity index (χ2v) is 5.13. The zero-order valence-electron chi connectivity index (χ0n) is 10.7. The van der Waals surface area contributed by atoms with Crippen LogP contribution < -0.4 is 10.5 Å². The van der Waals surface area contributed by atoms with E-state index in [1.54, 1.807) is 0 Å². The van der Waals surface area contributed by atoms with Crippen molar-refractivity contribution in [2.45, 2.75) is 45.6 Å². The van der Waals surface area contributed by atoms with Gasteiger partial charge in [-0.15, -0.1) is 0 Å². The highest BCUT2D eigenvalue weighted by Gasteiger charge is 2.14. The molecule has 0 radical (unpaired) electrons. The molecule has 2 heteroatoms. The minimum Gasteiger partial charge on any atom is -0.493 e. The van der Waals surface area contributed by atoms with E-state index < -0.39 is 0 Å². The molecule has 0 unspecified atom stereocenters. The van der Waals surface area contributed by atoms with Crippen LogP contribution in [0.4, 0.5) is 0 Å². The third-order valence-electron chi connectivity index (χ3n) is 3.64. The molecule has 1 aliphatic carbocycles. The van der Waals surface area contributed by atoms with Gasteiger partial charge in [-0.1, -0.05) is 31.4 Å². The normalized spacial score (nSPS) is 17.1. The fourth-order valence-electron chi connectivity index (χ4n) is 2.53. The summed E-state index contributed by atoms with van der Waals surface area (Å²) in [5, 5.41) is 0.